The first-order valence-electron chi connectivity index (χ1n) is 8.30. The predicted molar refractivity (Wildman–Crippen MR) is 93.8 cm³/mol. The van der Waals surface area contributed by atoms with Gasteiger partial charge in [0.15, 0.2) is 0 Å². The number of rotatable bonds is 4. The van der Waals surface area contributed by atoms with Crippen LogP contribution in [0.15, 0.2) is 36.7 Å². The molecule has 5 heteroatoms. The van der Waals surface area contributed by atoms with Crippen LogP contribution in [0.4, 0.5) is 0 Å². The van der Waals surface area contributed by atoms with E-state index in [9.17, 15) is 4.79 Å². The topological polar surface area (TPSA) is 52.1 Å². The molecule has 0 saturated heterocycles. The first-order valence-corrected chi connectivity index (χ1v) is 8.68. The van der Waals surface area contributed by atoms with E-state index in [4.69, 9.17) is 16.3 Å². The van der Waals surface area contributed by atoms with Gasteiger partial charge >= 0.3 is 5.97 Å². The summed E-state index contributed by atoms with van der Waals surface area (Å²) >= 11 is 5.73. The molecule has 1 heterocycles. The molecule has 1 aliphatic rings. The number of aromatic nitrogens is 2. The monoisotopic (exact) mass is 344 g/mol. The molecule has 1 fully saturated rings. The Morgan fingerprint density at radius 1 is 1.08 bits per heavy atom. The molecule has 1 saturated carbocycles. The van der Waals surface area contributed by atoms with Crippen LogP contribution in [0.3, 0.4) is 0 Å². The smallest absolute Gasteiger partial charge is 0.305 e. The van der Waals surface area contributed by atoms with Gasteiger partial charge in [0.25, 0.3) is 0 Å². The van der Waals surface area contributed by atoms with Gasteiger partial charge in [0.1, 0.15) is 0 Å². The number of carbonyl (C=O) groups excluding carboxylic acids is 1. The second-order valence-electron chi connectivity index (χ2n) is 6.36. The van der Waals surface area contributed by atoms with E-state index < -0.39 is 0 Å². The van der Waals surface area contributed by atoms with Crippen LogP contribution in [-0.4, -0.2) is 23.0 Å². The zero-order valence-corrected chi connectivity index (χ0v) is 14.5. The Hall–Kier alpha value is -1.94. The predicted octanol–water partition coefficient (Wildman–Crippen LogP) is 4.63. The highest BCUT2D eigenvalue weighted by Gasteiger charge is 2.24. The van der Waals surface area contributed by atoms with E-state index in [0.717, 1.165) is 36.8 Å². The quantitative estimate of drug-likeness (QED) is 0.599. The highest BCUT2D eigenvalue weighted by molar-refractivity contribution is 6.28. The van der Waals surface area contributed by atoms with Gasteiger partial charge in [-0.1, -0.05) is 24.3 Å². The molecule has 0 aliphatic heterocycles. The van der Waals surface area contributed by atoms with Crippen LogP contribution >= 0.6 is 11.6 Å². The molecule has 1 aliphatic carbocycles. The highest BCUT2D eigenvalue weighted by Crippen LogP contribution is 2.37. The maximum Gasteiger partial charge on any atom is 0.305 e. The van der Waals surface area contributed by atoms with E-state index in [0.29, 0.717) is 18.3 Å². The Labute approximate surface area is 147 Å². The Kier molecular flexibility index (Phi) is 5.46. The molecule has 2 aromatic rings. The Balaban J connectivity index is 1.60. The highest BCUT2D eigenvalue weighted by atomic mass is 35.5. The Bertz CT molecular complexity index is 678. The van der Waals surface area contributed by atoms with E-state index in [1.807, 2.05) is 0 Å². The van der Waals surface area contributed by atoms with Crippen molar-refractivity contribution in [1.82, 2.24) is 9.97 Å². The molecule has 1 aromatic carbocycles. The van der Waals surface area contributed by atoms with Crippen molar-refractivity contribution >= 4 is 17.6 Å². The average Bonchev–Trinajstić information content (AvgIpc) is 2.63. The van der Waals surface area contributed by atoms with Crippen molar-refractivity contribution in [2.45, 2.75) is 38.0 Å². The zero-order valence-electron chi connectivity index (χ0n) is 13.7. The van der Waals surface area contributed by atoms with Crippen LogP contribution in [-0.2, 0) is 9.53 Å². The summed E-state index contributed by atoms with van der Waals surface area (Å²) in [6.45, 7) is 0. The lowest BCUT2D eigenvalue weighted by molar-refractivity contribution is -0.142. The fourth-order valence-electron chi connectivity index (χ4n) is 3.43. The number of carbonyl (C=O) groups is 1. The van der Waals surface area contributed by atoms with Gasteiger partial charge in [0.05, 0.1) is 7.11 Å². The summed E-state index contributed by atoms with van der Waals surface area (Å²) in [6, 6.07) is 8.61. The molecule has 1 aromatic heterocycles. The molecule has 0 spiro atoms. The van der Waals surface area contributed by atoms with Crippen molar-refractivity contribution in [2.24, 2.45) is 5.92 Å². The third-order valence-corrected chi connectivity index (χ3v) is 5.06. The van der Waals surface area contributed by atoms with Crippen LogP contribution in [0.5, 0.6) is 0 Å². The molecule has 0 unspecified atom stereocenters. The van der Waals surface area contributed by atoms with E-state index in [1.165, 1.54) is 12.7 Å². The first kappa shape index (κ1) is 16.9. The standard InChI is InChI=1S/C19H21ClN2O2/c1-24-18(23)10-13-2-4-14(5-3-13)15-6-8-16(9-7-15)17-11-21-19(20)22-12-17/h6-9,11-14H,2-5,10H2,1H3. The number of hydrogen-bond donors (Lipinski definition) is 0. The van der Waals surface area contributed by atoms with Crippen molar-refractivity contribution in [3.05, 3.63) is 47.5 Å². The fraction of sp³-hybridized carbons (Fsp3) is 0.421. The summed E-state index contributed by atoms with van der Waals surface area (Å²) in [5, 5.41) is 0.263. The number of ether oxygens (including phenoxy) is 1. The minimum absolute atomic E-state index is 0.0898. The molecule has 3 rings (SSSR count). The molecular weight excluding hydrogens is 324 g/mol. The number of methoxy groups -OCH3 is 1. The van der Waals surface area contributed by atoms with Gasteiger partial charge in [-0.3, -0.25) is 4.79 Å². The Morgan fingerprint density at radius 3 is 2.29 bits per heavy atom. The third-order valence-electron chi connectivity index (χ3n) is 4.87. The lowest BCUT2D eigenvalue weighted by atomic mass is 9.77. The van der Waals surface area contributed by atoms with Crippen LogP contribution in [0, 0.1) is 5.92 Å². The summed E-state index contributed by atoms with van der Waals surface area (Å²) in [7, 11) is 1.46. The molecule has 24 heavy (non-hydrogen) atoms. The summed E-state index contributed by atoms with van der Waals surface area (Å²) in [5.74, 6) is 0.960. The summed E-state index contributed by atoms with van der Waals surface area (Å²) in [6.07, 6.45) is 8.47. The maximum absolute atomic E-state index is 11.4. The van der Waals surface area contributed by atoms with Gasteiger partial charge in [-0.15, -0.1) is 0 Å². The van der Waals surface area contributed by atoms with Gasteiger partial charge in [-0.25, -0.2) is 9.97 Å². The van der Waals surface area contributed by atoms with Crippen LogP contribution in [0.1, 0.15) is 43.6 Å². The number of nitrogens with zero attached hydrogens (tertiary/aromatic N) is 2. The molecule has 126 valence electrons. The normalized spacial score (nSPS) is 20.6. The second kappa shape index (κ2) is 7.75. The van der Waals surface area contributed by atoms with Crippen molar-refractivity contribution in [2.75, 3.05) is 7.11 Å². The van der Waals surface area contributed by atoms with Crippen molar-refractivity contribution in [1.29, 1.82) is 0 Å². The van der Waals surface area contributed by atoms with Gasteiger partial charge in [-0.2, -0.15) is 0 Å². The SMILES string of the molecule is COC(=O)CC1CCC(c2ccc(-c3cnc(Cl)nc3)cc2)CC1. The zero-order chi connectivity index (χ0) is 16.9. The van der Waals surface area contributed by atoms with Crippen LogP contribution in [0.25, 0.3) is 11.1 Å². The maximum atomic E-state index is 11.4. The van der Waals surface area contributed by atoms with Crippen molar-refractivity contribution < 1.29 is 9.53 Å². The number of hydrogen-bond acceptors (Lipinski definition) is 4. The molecule has 0 amide bonds. The molecule has 0 N–H and O–H groups in total. The minimum atomic E-state index is -0.0898. The van der Waals surface area contributed by atoms with Crippen LogP contribution in [0.2, 0.25) is 5.28 Å². The first-order chi connectivity index (χ1) is 11.7. The molecule has 0 bridgehead atoms. The third kappa shape index (κ3) is 4.12. The molecular formula is C19H21ClN2O2. The largest absolute Gasteiger partial charge is 0.469 e. The lowest BCUT2D eigenvalue weighted by Gasteiger charge is -2.28. The van der Waals surface area contributed by atoms with Gasteiger partial charge in [0, 0.05) is 24.4 Å². The summed E-state index contributed by atoms with van der Waals surface area (Å²) in [4.78, 5) is 19.4. The molecule has 0 radical (unpaired) electrons. The van der Waals surface area contributed by atoms with E-state index in [1.54, 1.807) is 12.4 Å². The van der Waals surface area contributed by atoms with E-state index in [-0.39, 0.29) is 11.3 Å². The van der Waals surface area contributed by atoms with Gasteiger partial charge < -0.3 is 4.74 Å². The van der Waals surface area contributed by atoms with Crippen LogP contribution < -0.4 is 0 Å². The van der Waals surface area contributed by atoms with E-state index in [2.05, 4.69) is 34.2 Å². The van der Waals surface area contributed by atoms with Gasteiger partial charge in [0.2, 0.25) is 5.28 Å². The number of esters is 1. The fourth-order valence-corrected chi connectivity index (χ4v) is 3.53. The minimum Gasteiger partial charge on any atom is -0.469 e. The Morgan fingerprint density at radius 2 is 1.71 bits per heavy atom. The lowest BCUT2D eigenvalue weighted by Crippen LogP contribution is -2.17. The molecule has 0 atom stereocenters. The second-order valence-corrected chi connectivity index (χ2v) is 6.70. The van der Waals surface area contributed by atoms with Crippen molar-refractivity contribution in [3.8, 4) is 11.1 Å². The summed E-state index contributed by atoms with van der Waals surface area (Å²) < 4.78 is 4.77. The number of benzene rings is 1. The summed E-state index contributed by atoms with van der Waals surface area (Å²) in [5.41, 5.74) is 3.42. The van der Waals surface area contributed by atoms with Crippen molar-refractivity contribution in [3.63, 3.8) is 0 Å². The average molecular weight is 345 g/mol. The number of halogens is 1. The van der Waals surface area contributed by atoms with E-state index >= 15 is 0 Å². The van der Waals surface area contributed by atoms with Gasteiger partial charge in [-0.05, 0) is 60.2 Å². The molecule has 4 nitrogen and oxygen atoms in total.